The predicted molar refractivity (Wildman–Crippen MR) is 137 cm³/mol. The number of nitrogen functional groups attached to an aromatic ring is 1. The Labute approximate surface area is 208 Å². The SMILES string of the molecule is C[C@H](Oc1ccc(N)c(C(=N)c2ccc(N3CCS(=N)(=O)CC3)nc2)c1)c1c(Cl)cncc1Cl. The number of nitrogens with zero attached hydrogens (tertiary/aromatic N) is 3. The first-order valence-electron chi connectivity index (χ1n) is 10.5. The molecule has 0 spiro atoms. The van der Waals surface area contributed by atoms with Gasteiger partial charge in [0.25, 0.3) is 0 Å². The van der Waals surface area contributed by atoms with Crippen LogP contribution in [0.1, 0.15) is 29.7 Å². The molecule has 4 N–H and O–H groups in total. The molecule has 0 saturated carbocycles. The van der Waals surface area contributed by atoms with Crippen molar-refractivity contribution >= 4 is 50.1 Å². The van der Waals surface area contributed by atoms with Gasteiger partial charge in [-0.3, -0.25) is 15.2 Å². The fourth-order valence-corrected chi connectivity index (χ4v) is 5.64. The van der Waals surface area contributed by atoms with Crippen molar-refractivity contribution in [2.75, 3.05) is 35.2 Å². The molecular weight excluding hydrogens is 495 g/mol. The second kappa shape index (κ2) is 9.77. The molecule has 1 saturated heterocycles. The van der Waals surface area contributed by atoms with Crippen molar-refractivity contribution in [2.24, 2.45) is 0 Å². The van der Waals surface area contributed by atoms with E-state index < -0.39 is 15.8 Å². The highest BCUT2D eigenvalue weighted by molar-refractivity contribution is 7.92. The van der Waals surface area contributed by atoms with Gasteiger partial charge in [-0.25, -0.2) is 9.19 Å². The number of aromatic nitrogens is 2. The van der Waals surface area contributed by atoms with Gasteiger partial charge in [0.2, 0.25) is 0 Å². The lowest BCUT2D eigenvalue weighted by Crippen LogP contribution is -2.40. The van der Waals surface area contributed by atoms with Gasteiger partial charge in [-0.2, -0.15) is 0 Å². The van der Waals surface area contributed by atoms with Crippen LogP contribution in [-0.2, 0) is 9.73 Å². The summed E-state index contributed by atoms with van der Waals surface area (Å²) >= 11 is 12.5. The summed E-state index contributed by atoms with van der Waals surface area (Å²) in [6.45, 7) is 2.89. The lowest BCUT2D eigenvalue weighted by atomic mass is 10.0. The van der Waals surface area contributed by atoms with Crippen molar-refractivity contribution < 1.29 is 8.95 Å². The van der Waals surface area contributed by atoms with E-state index in [4.69, 9.17) is 43.9 Å². The quantitative estimate of drug-likeness (QED) is 0.317. The predicted octanol–water partition coefficient (Wildman–Crippen LogP) is 4.79. The van der Waals surface area contributed by atoms with E-state index in [-0.39, 0.29) is 5.71 Å². The Morgan fingerprint density at radius 3 is 2.44 bits per heavy atom. The maximum atomic E-state index is 11.9. The summed E-state index contributed by atoms with van der Waals surface area (Å²) in [5.74, 6) is 1.92. The fourth-order valence-electron chi connectivity index (χ4n) is 3.73. The molecule has 11 heteroatoms. The molecule has 0 unspecified atom stereocenters. The summed E-state index contributed by atoms with van der Waals surface area (Å²) in [6.07, 6.45) is 4.20. The molecule has 1 atom stereocenters. The molecule has 0 amide bonds. The number of hydrogen-bond acceptors (Lipinski definition) is 8. The molecule has 8 nitrogen and oxygen atoms in total. The number of nitrogens with one attached hydrogen (secondary N) is 2. The first-order chi connectivity index (χ1) is 16.1. The van der Waals surface area contributed by atoms with Crippen molar-refractivity contribution in [3.8, 4) is 5.75 Å². The monoisotopic (exact) mass is 518 g/mol. The molecule has 178 valence electrons. The van der Waals surface area contributed by atoms with Gasteiger partial charge in [0.15, 0.2) is 0 Å². The van der Waals surface area contributed by atoms with Crippen molar-refractivity contribution in [3.05, 3.63) is 75.7 Å². The zero-order chi connectivity index (χ0) is 24.5. The van der Waals surface area contributed by atoms with E-state index in [9.17, 15) is 4.21 Å². The number of halogens is 2. The molecule has 1 aliphatic rings. The zero-order valence-corrected chi connectivity index (χ0v) is 20.8. The number of benzene rings is 1. The summed E-state index contributed by atoms with van der Waals surface area (Å²) in [5, 5.41) is 9.51. The van der Waals surface area contributed by atoms with Crippen LogP contribution < -0.4 is 15.4 Å². The van der Waals surface area contributed by atoms with Crippen LogP contribution in [0, 0.1) is 10.2 Å². The molecule has 0 aliphatic carbocycles. The normalized spacial score (nSPS) is 16.1. The highest BCUT2D eigenvalue weighted by atomic mass is 35.5. The Morgan fingerprint density at radius 1 is 1.15 bits per heavy atom. The first kappa shape index (κ1) is 24.3. The minimum absolute atomic E-state index is 0.211. The van der Waals surface area contributed by atoms with Crippen LogP contribution in [0.4, 0.5) is 11.5 Å². The smallest absolute Gasteiger partial charge is 0.128 e. The van der Waals surface area contributed by atoms with Crippen molar-refractivity contribution in [3.63, 3.8) is 0 Å². The molecule has 0 bridgehead atoms. The summed E-state index contributed by atoms with van der Waals surface area (Å²) in [6, 6.07) is 8.76. The summed E-state index contributed by atoms with van der Waals surface area (Å²) in [5.41, 5.74) is 8.56. The maximum Gasteiger partial charge on any atom is 0.128 e. The van der Waals surface area contributed by atoms with E-state index in [0.29, 0.717) is 62.8 Å². The molecule has 1 aliphatic heterocycles. The fraction of sp³-hybridized carbons (Fsp3) is 0.261. The lowest BCUT2D eigenvalue weighted by Gasteiger charge is -2.29. The molecule has 1 fully saturated rings. The third-order valence-electron chi connectivity index (χ3n) is 5.65. The summed E-state index contributed by atoms with van der Waals surface area (Å²) in [7, 11) is -2.47. The maximum absolute atomic E-state index is 11.9. The Bertz CT molecular complexity index is 1300. The Balaban J connectivity index is 1.52. The molecule has 2 aromatic heterocycles. The summed E-state index contributed by atoms with van der Waals surface area (Å²) < 4.78 is 25.7. The molecule has 3 heterocycles. The van der Waals surface area contributed by atoms with Gasteiger partial charge in [-0.15, -0.1) is 0 Å². The topological polar surface area (TPSA) is 129 Å². The third-order valence-corrected chi connectivity index (χ3v) is 7.93. The van der Waals surface area contributed by atoms with E-state index in [1.807, 2.05) is 24.0 Å². The van der Waals surface area contributed by atoms with Gasteiger partial charge < -0.3 is 15.4 Å². The Morgan fingerprint density at radius 2 is 1.82 bits per heavy atom. The highest BCUT2D eigenvalue weighted by Crippen LogP contribution is 2.33. The van der Waals surface area contributed by atoms with Crippen LogP contribution in [0.2, 0.25) is 10.0 Å². The second-order valence-corrected chi connectivity index (χ2v) is 11.3. The Kier molecular flexibility index (Phi) is 6.97. The van der Waals surface area contributed by atoms with E-state index in [2.05, 4.69) is 9.97 Å². The number of hydrogen-bond donors (Lipinski definition) is 3. The van der Waals surface area contributed by atoms with Gasteiger partial charge in [0.1, 0.15) is 17.7 Å². The van der Waals surface area contributed by atoms with Gasteiger partial charge >= 0.3 is 0 Å². The van der Waals surface area contributed by atoms with Crippen molar-refractivity contribution in [1.82, 2.24) is 9.97 Å². The number of ether oxygens (including phenoxy) is 1. The van der Waals surface area contributed by atoms with Gasteiger partial charge in [-0.05, 0) is 37.3 Å². The third kappa shape index (κ3) is 5.27. The molecule has 4 rings (SSSR count). The molecule has 1 aromatic carbocycles. The minimum Gasteiger partial charge on any atom is -0.486 e. The minimum atomic E-state index is -2.47. The van der Waals surface area contributed by atoms with E-state index >= 15 is 0 Å². The lowest BCUT2D eigenvalue weighted by molar-refractivity contribution is 0.227. The van der Waals surface area contributed by atoms with Crippen LogP contribution in [0.3, 0.4) is 0 Å². The van der Waals surface area contributed by atoms with Crippen molar-refractivity contribution in [1.29, 1.82) is 10.2 Å². The first-order valence-corrected chi connectivity index (χ1v) is 13.2. The number of pyridine rings is 2. The van der Waals surface area contributed by atoms with Crippen LogP contribution >= 0.6 is 23.2 Å². The summed E-state index contributed by atoms with van der Waals surface area (Å²) in [4.78, 5) is 10.4. The number of anilines is 2. The van der Waals surface area contributed by atoms with Crippen LogP contribution in [0.5, 0.6) is 5.75 Å². The van der Waals surface area contributed by atoms with Crippen LogP contribution in [0.15, 0.2) is 48.9 Å². The standard InChI is InChI=1S/C23H24Cl2N6O2S/c1-14(22-18(24)12-29-13-19(22)25)33-16-3-4-20(26)17(10-16)23(27)15-2-5-21(30-11-15)31-6-8-34(28,32)9-7-31/h2-5,10-14,27-28H,6-9,26H2,1H3/t14-/m0/s1. The zero-order valence-electron chi connectivity index (χ0n) is 18.4. The number of rotatable bonds is 6. The molecule has 34 heavy (non-hydrogen) atoms. The van der Waals surface area contributed by atoms with E-state index in [1.165, 1.54) is 12.4 Å². The number of nitrogens with two attached hydrogens (primary N) is 1. The van der Waals surface area contributed by atoms with E-state index in [1.54, 1.807) is 24.4 Å². The van der Waals surface area contributed by atoms with Gasteiger partial charge in [0.05, 0.1) is 15.8 Å². The van der Waals surface area contributed by atoms with Crippen LogP contribution in [-0.4, -0.2) is 44.5 Å². The average Bonchev–Trinajstić information content (AvgIpc) is 2.80. The van der Waals surface area contributed by atoms with Gasteiger partial charge in [0, 0.05) is 75.3 Å². The molecule has 3 aromatic rings. The average molecular weight is 519 g/mol. The van der Waals surface area contributed by atoms with Crippen LogP contribution in [0.25, 0.3) is 0 Å². The Hall–Kier alpha value is -2.88. The van der Waals surface area contributed by atoms with Crippen molar-refractivity contribution in [2.45, 2.75) is 13.0 Å². The second-order valence-electron chi connectivity index (χ2n) is 8.01. The molecule has 0 radical (unpaired) electrons. The van der Waals surface area contributed by atoms with E-state index in [0.717, 1.165) is 5.82 Å². The largest absolute Gasteiger partial charge is 0.486 e. The highest BCUT2D eigenvalue weighted by Gasteiger charge is 2.21. The van der Waals surface area contributed by atoms with Gasteiger partial charge in [-0.1, -0.05) is 23.2 Å². The molecular formula is C23H24Cl2N6O2S.